The summed E-state index contributed by atoms with van der Waals surface area (Å²) in [6, 6.07) is 16.7. The molecule has 0 radical (unpaired) electrons. The van der Waals surface area contributed by atoms with Crippen molar-refractivity contribution >= 4 is 51.4 Å². The van der Waals surface area contributed by atoms with Crippen LogP contribution >= 0.6 is 11.6 Å². The fourth-order valence-electron chi connectivity index (χ4n) is 5.99. The van der Waals surface area contributed by atoms with Crippen molar-refractivity contribution in [3.05, 3.63) is 94.4 Å². The first-order valence-electron chi connectivity index (χ1n) is 14.9. The summed E-state index contributed by atoms with van der Waals surface area (Å²) in [5.41, 5.74) is 6.61. The molecule has 46 heavy (non-hydrogen) atoms. The first kappa shape index (κ1) is 29.5. The number of nitriles is 1. The number of carbonyl (C=O) groups is 1. The molecule has 10 nitrogen and oxygen atoms in total. The van der Waals surface area contributed by atoms with Crippen LogP contribution in [-0.4, -0.2) is 55.4 Å². The van der Waals surface area contributed by atoms with Crippen molar-refractivity contribution in [2.24, 2.45) is 0 Å². The van der Waals surface area contributed by atoms with Gasteiger partial charge in [0.25, 0.3) is 0 Å². The van der Waals surface area contributed by atoms with Crippen LogP contribution in [0.2, 0.25) is 5.02 Å². The highest BCUT2D eigenvalue weighted by atomic mass is 35.5. The number of piperidine rings is 1. The Bertz CT molecular complexity index is 2170. The second kappa shape index (κ2) is 12.3. The smallest absolute Gasteiger partial charge is 0.229 e. The van der Waals surface area contributed by atoms with E-state index in [-0.39, 0.29) is 23.1 Å². The molecule has 6 aromatic rings. The molecule has 0 spiro atoms. The van der Waals surface area contributed by atoms with Gasteiger partial charge in [-0.3, -0.25) is 19.7 Å². The van der Waals surface area contributed by atoms with Crippen LogP contribution in [0.15, 0.2) is 71.5 Å². The van der Waals surface area contributed by atoms with Gasteiger partial charge in [-0.2, -0.15) is 5.26 Å². The maximum Gasteiger partial charge on any atom is 0.229 e. The van der Waals surface area contributed by atoms with Crippen molar-refractivity contribution in [3.63, 3.8) is 0 Å². The standard InChI is InChI=1S/C35H28ClN7O3/c1-20-26(32-30(36)27(8-10-38-32)35-42-29-14-21(19-44)12-24(15-37)33(29)46-35)5-2-6-28(20)41-34-31-23(7-9-39-34)13-22(16-40-31)17-43-11-3-4-25(45)18-43/h2,5-10,12-14,16,19,25,45H,3-4,11,17-18H2,1H3,(H,39,41). The summed E-state index contributed by atoms with van der Waals surface area (Å²) in [6.07, 6.45) is 7.51. The first-order chi connectivity index (χ1) is 22.4. The molecular formula is C35H28ClN7O3. The average Bonchev–Trinajstić information content (AvgIpc) is 3.49. The Hall–Kier alpha value is -5.21. The highest BCUT2D eigenvalue weighted by molar-refractivity contribution is 6.35. The molecule has 4 aromatic heterocycles. The van der Waals surface area contributed by atoms with Gasteiger partial charge in [0.1, 0.15) is 23.4 Å². The Labute approximate surface area is 269 Å². The van der Waals surface area contributed by atoms with Crippen LogP contribution in [0.4, 0.5) is 11.5 Å². The molecule has 1 saturated heterocycles. The summed E-state index contributed by atoms with van der Waals surface area (Å²) in [4.78, 5) is 32.1. The molecule has 0 aliphatic carbocycles. The van der Waals surface area contributed by atoms with Gasteiger partial charge in [0, 0.05) is 53.9 Å². The summed E-state index contributed by atoms with van der Waals surface area (Å²) in [5.74, 6) is 0.844. The molecule has 7 rings (SSSR count). The number of aromatic nitrogens is 4. The van der Waals surface area contributed by atoms with E-state index in [9.17, 15) is 15.2 Å². The topological polar surface area (TPSA) is 141 Å². The minimum atomic E-state index is -0.272. The number of anilines is 2. The molecule has 11 heteroatoms. The van der Waals surface area contributed by atoms with Crippen LogP contribution in [0.1, 0.15) is 39.9 Å². The van der Waals surface area contributed by atoms with Gasteiger partial charge in [-0.05, 0) is 73.8 Å². The van der Waals surface area contributed by atoms with Gasteiger partial charge < -0.3 is 14.8 Å². The molecule has 1 unspecified atom stereocenters. The number of hydrogen-bond acceptors (Lipinski definition) is 10. The molecule has 2 aromatic carbocycles. The number of oxazole rings is 1. The molecule has 5 heterocycles. The molecular weight excluding hydrogens is 602 g/mol. The number of pyridine rings is 3. The van der Waals surface area contributed by atoms with Crippen molar-refractivity contribution in [2.75, 3.05) is 18.4 Å². The maximum atomic E-state index is 11.4. The van der Waals surface area contributed by atoms with Gasteiger partial charge in [-0.15, -0.1) is 0 Å². The van der Waals surface area contributed by atoms with Gasteiger partial charge >= 0.3 is 0 Å². The number of β-amino-alcohol motifs (C(OH)–C–C–N with tert-alkyl or cyclic N) is 1. The first-order valence-corrected chi connectivity index (χ1v) is 15.3. The lowest BCUT2D eigenvalue weighted by atomic mass is 10.0. The minimum Gasteiger partial charge on any atom is -0.435 e. The summed E-state index contributed by atoms with van der Waals surface area (Å²) in [7, 11) is 0. The summed E-state index contributed by atoms with van der Waals surface area (Å²) >= 11 is 6.95. The van der Waals surface area contributed by atoms with E-state index in [1.54, 1.807) is 24.5 Å². The molecule has 1 aliphatic heterocycles. The predicted octanol–water partition coefficient (Wildman–Crippen LogP) is 6.85. The lowest BCUT2D eigenvalue weighted by molar-refractivity contribution is 0.0668. The van der Waals surface area contributed by atoms with Crippen LogP contribution < -0.4 is 5.32 Å². The minimum absolute atomic E-state index is 0.216. The van der Waals surface area contributed by atoms with Crippen molar-refractivity contribution in [1.82, 2.24) is 24.8 Å². The summed E-state index contributed by atoms with van der Waals surface area (Å²) < 4.78 is 5.97. The predicted molar refractivity (Wildman–Crippen MR) is 176 cm³/mol. The van der Waals surface area contributed by atoms with E-state index in [1.165, 1.54) is 6.07 Å². The number of aliphatic hydroxyl groups excluding tert-OH is 1. The van der Waals surface area contributed by atoms with Crippen LogP contribution in [0, 0.1) is 18.3 Å². The van der Waals surface area contributed by atoms with E-state index >= 15 is 0 Å². The van der Waals surface area contributed by atoms with Crippen LogP contribution in [0.25, 0.3) is 44.7 Å². The molecule has 0 saturated carbocycles. The van der Waals surface area contributed by atoms with Crippen molar-refractivity contribution in [2.45, 2.75) is 32.4 Å². The Morgan fingerprint density at radius 2 is 2.02 bits per heavy atom. The number of hydrogen-bond donors (Lipinski definition) is 2. The lowest BCUT2D eigenvalue weighted by Gasteiger charge is -2.29. The van der Waals surface area contributed by atoms with E-state index in [0.717, 1.165) is 59.2 Å². The molecule has 2 N–H and O–H groups in total. The number of fused-ring (bicyclic) bond motifs is 2. The number of carbonyl (C=O) groups excluding carboxylic acids is 1. The number of aliphatic hydroxyl groups is 1. The quantitative estimate of drug-likeness (QED) is 0.180. The summed E-state index contributed by atoms with van der Waals surface area (Å²) in [6.45, 7) is 4.36. The number of aldehydes is 1. The van der Waals surface area contributed by atoms with Gasteiger partial charge in [0.2, 0.25) is 5.89 Å². The molecule has 1 fully saturated rings. The zero-order valence-corrected chi connectivity index (χ0v) is 25.6. The second-order valence-electron chi connectivity index (χ2n) is 11.4. The number of nitrogens with one attached hydrogen (secondary N) is 1. The van der Waals surface area contributed by atoms with Crippen molar-refractivity contribution in [3.8, 4) is 28.8 Å². The van der Waals surface area contributed by atoms with Crippen LogP contribution in [0.3, 0.4) is 0 Å². The van der Waals surface area contributed by atoms with Crippen LogP contribution in [-0.2, 0) is 6.54 Å². The van der Waals surface area contributed by atoms with E-state index in [2.05, 4.69) is 37.3 Å². The Balaban J connectivity index is 1.20. The Morgan fingerprint density at radius 3 is 2.85 bits per heavy atom. The molecule has 228 valence electrons. The van der Waals surface area contributed by atoms with Gasteiger partial charge in [0.15, 0.2) is 11.4 Å². The highest BCUT2D eigenvalue weighted by Crippen LogP contribution is 2.39. The van der Waals surface area contributed by atoms with E-state index < -0.39 is 0 Å². The fraction of sp³-hybridized carbons (Fsp3) is 0.200. The maximum absolute atomic E-state index is 11.4. The number of nitrogens with zero attached hydrogens (tertiary/aromatic N) is 6. The van der Waals surface area contributed by atoms with Crippen molar-refractivity contribution < 1.29 is 14.3 Å². The van der Waals surface area contributed by atoms with Gasteiger partial charge in [-0.1, -0.05) is 23.7 Å². The monoisotopic (exact) mass is 629 g/mol. The van der Waals surface area contributed by atoms with E-state index in [4.69, 9.17) is 21.0 Å². The molecule has 1 aliphatic rings. The molecule has 0 amide bonds. The normalized spacial score (nSPS) is 15.2. The zero-order valence-electron chi connectivity index (χ0n) is 24.9. The molecule has 1 atom stereocenters. The number of benzene rings is 2. The van der Waals surface area contributed by atoms with E-state index in [1.807, 2.05) is 37.4 Å². The lowest BCUT2D eigenvalue weighted by Crippen LogP contribution is -2.37. The Morgan fingerprint density at radius 1 is 1.15 bits per heavy atom. The van der Waals surface area contributed by atoms with Crippen molar-refractivity contribution in [1.29, 1.82) is 5.26 Å². The Kier molecular flexibility index (Phi) is 7.88. The third-order valence-electron chi connectivity index (χ3n) is 8.27. The largest absolute Gasteiger partial charge is 0.435 e. The van der Waals surface area contributed by atoms with Crippen LogP contribution in [0.5, 0.6) is 0 Å². The van der Waals surface area contributed by atoms with Gasteiger partial charge in [0.05, 0.1) is 27.9 Å². The molecule has 0 bridgehead atoms. The average molecular weight is 630 g/mol. The second-order valence-corrected chi connectivity index (χ2v) is 11.8. The third kappa shape index (κ3) is 5.56. The number of likely N-dealkylation sites (tertiary alicyclic amines) is 1. The van der Waals surface area contributed by atoms with E-state index in [0.29, 0.717) is 46.0 Å². The zero-order chi connectivity index (χ0) is 31.8. The number of halogens is 1. The fourth-order valence-corrected chi connectivity index (χ4v) is 6.28. The highest BCUT2D eigenvalue weighted by Gasteiger charge is 2.21. The summed E-state index contributed by atoms with van der Waals surface area (Å²) in [5, 5.41) is 24.4. The number of rotatable bonds is 7. The third-order valence-corrected chi connectivity index (χ3v) is 8.66. The SMILES string of the molecule is Cc1c(Nc2nccc3cc(CN4CCCC(O)C4)cnc23)cccc1-c1nccc(-c2nc3cc(C=O)cc(C#N)c3o2)c1Cl. The van der Waals surface area contributed by atoms with Gasteiger partial charge in [-0.25, -0.2) is 9.97 Å².